The molecule has 0 radical (unpaired) electrons. The molecule has 0 atom stereocenters. The summed E-state index contributed by atoms with van der Waals surface area (Å²) in [5.74, 6) is -0.467. The Kier molecular flexibility index (Phi) is 6.89. The summed E-state index contributed by atoms with van der Waals surface area (Å²) < 4.78 is 51.1. The Labute approximate surface area is 167 Å². The molecule has 11 nitrogen and oxygen atoms in total. The van der Waals surface area contributed by atoms with Crippen LogP contribution in [0.5, 0.6) is 0 Å². The van der Waals surface area contributed by atoms with Gasteiger partial charge in [-0.2, -0.15) is 0 Å². The SMILES string of the molecule is CS(=O)(=O)Nc1ccc(C(=O)NCCNS(=O)(=O)c2ccc([N+](=O)[O-])cc2)cc1. The van der Waals surface area contributed by atoms with Crippen LogP contribution in [0.1, 0.15) is 10.4 Å². The molecule has 13 heteroatoms. The second-order valence-corrected chi connectivity index (χ2v) is 9.37. The first kappa shape index (κ1) is 22.3. The number of hydrogen-bond donors (Lipinski definition) is 3. The van der Waals surface area contributed by atoms with Crippen molar-refractivity contribution in [2.75, 3.05) is 24.1 Å². The Morgan fingerprint density at radius 3 is 2.07 bits per heavy atom. The Bertz CT molecular complexity index is 1100. The van der Waals surface area contributed by atoms with Crippen molar-refractivity contribution < 1.29 is 26.6 Å². The smallest absolute Gasteiger partial charge is 0.269 e. The van der Waals surface area contributed by atoms with Crippen LogP contribution in [-0.4, -0.2) is 47.0 Å². The Morgan fingerprint density at radius 1 is 0.966 bits per heavy atom. The molecular weight excluding hydrogens is 424 g/mol. The molecular formula is C16H18N4O7S2. The van der Waals surface area contributed by atoms with Gasteiger partial charge in [-0.15, -0.1) is 0 Å². The minimum atomic E-state index is -3.88. The number of non-ortho nitro benzene ring substituents is 1. The zero-order valence-electron chi connectivity index (χ0n) is 15.2. The molecule has 2 aromatic rings. The molecule has 0 bridgehead atoms. The lowest BCUT2D eigenvalue weighted by Crippen LogP contribution is -2.34. The molecule has 0 saturated carbocycles. The number of nitro benzene ring substituents is 1. The fraction of sp³-hybridized carbons (Fsp3) is 0.188. The molecule has 0 fully saturated rings. The van der Waals surface area contributed by atoms with Crippen LogP contribution in [0.4, 0.5) is 11.4 Å². The summed E-state index contributed by atoms with van der Waals surface area (Å²) in [7, 11) is -7.30. The fourth-order valence-corrected chi connectivity index (χ4v) is 3.79. The van der Waals surface area contributed by atoms with E-state index in [0.29, 0.717) is 5.69 Å². The number of nitro groups is 1. The van der Waals surface area contributed by atoms with Gasteiger partial charge in [-0.3, -0.25) is 19.6 Å². The average Bonchev–Trinajstić information content (AvgIpc) is 2.64. The zero-order chi connectivity index (χ0) is 21.7. The predicted octanol–water partition coefficient (Wildman–Crippen LogP) is 0.675. The van der Waals surface area contributed by atoms with Crippen LogP contribution in [0.3, 0.4) is 0 Å². The van der Waals surface area contributed by atoms with Gasteiger partial charge < -0.3 is 5.32 Å². The second-order valence-electron chi connectivity index (χ2n) is 5.86. The molecule has 0 spiro atoms. The monoisotopic (exact) mass is 442 g/mol. The molecule has 2 rings (SSSR count). The number of nitrogens with one attached hydrogen (secondary N) is 3. The highest BCUT2D eigenvalue weighted by molar-refractivity contribution is 7.92. The average molecular weight is 442 g/mol. The summed E-state index contributed by atoms with van der Waals surface area (Å²) in [4.78, 5) is 21.9. The van der Waals surface area contributed by atoms with E-state index in [0.717, 1.165) is 30.5 Å². The molecule has 0 aliphatic rings. The maximum Gasteiger partial charge on any atom is 0.269 e. The van der Waals surface area contributed by atoms with Crippen molar-refractivity contribution >= 4 is 37.3 Å². The quantitative estimate of drug-likeness (QED) is 0.292. The van der Waals surface area contributed by atoms with Crippen molar-refractivity contribution in [3.05, 3.63) is 64.2 Å². The van der Waals surface area contributed by atoms with Crippen molar-refractivity contribution in [3.8, 4) is 0 Å². The summed E-state index contributed by atoms with van der Waals surface area (Å²) >= 11 is 0. The molecule has 2 aromatic carbocycles. The van der Waals surface area contributed by atoms with Crippen LogP contribution in [0.25, 0.3) is 0 Å². The zero-order valence-corrected chi connectivity index (χ0v) is 16.8. The highest BCUT2D eigenvalue weighted by Crippen LogP contribution is 2.15. The van der Waals surface area contributed by atoms with Crippen LogP contribution >= 0.6 is 0 Å². The van der Waals surface area contributed by atoms with E-state index in [-0.39, 0.29) is 29.2 Å². The summed E-state index contributed by atoms with van der Waals surface area (Å²) in [5, 5.41) is 13.1. The van der Waals surface area contributed by atoms with Crippen LogP contribution in [0.15, 0.2) is 53.4 Å². The van der Waals surface area contributed by atoms with Crippen LogP contribution in [0.2, 0.25) is 0 Å². The molecule has 0 aliphatic carbocycles. The number of anilines is 1. The van der Waals surface area contributed by atoms with Crippen molar-refractivity contribution in [1.82, 2.24) is 10.0 Å². The topological polar surface area (TPSA) is 165 Å². The molecule has 0 saturated heterocycles. The highest BCUT2D eigenvalue weighted by Gasteiger charge is 2.15. The molecule has 29 heavy (non-hydrogen) atoms. The van der Waals surface area contributed by atoms with Crippen LogP contribution < -0.4 is 14.8 Å². The van der Waals surface area contributed by atoms with E-state index < -0.39 is 30.9 Å². The third-order valence-electron chi connectivity index (χ3n) is 3.51. The lowest BCUT2D eigenvalue weighted by Gasteiger charge is -2.09. The summed E-state index contributed by atoms with van der Waals surface area (Å²) in [5.41, 5.74) is 0.344. The highest BCUT2D eigenvalue weighted by atomic mass is 32.2. The van der Waals surface area contributed by atoms with Gasteiger partial charge in [0.15, 0.2) is 0 Å². The normalized spacial score (nSPS) is 11.6. The van der Waals surface area contributed by atoms with E-state index in [2.05, 4.69) is 14.8 Å². The fourth-order valence-electron chi connectivity index (χ4n) is 2.20. The van der Waals surface area contributed by atoms with Gasteiger partial charge >= 0.3 is 0 Å². The van der Waals surface area contributed by atoms with Gasteiger partial charge in [0.05, 0.1) is 16.1 Å². The largest absolute Gasteiger partial charge is 0.351 e. The molecule has 1 amide bonds. The van der Waals surface area contributed by atoms with E-state index in [9.17, 15) is 31.7 Å². The molecule has 156 valence electrons. The third-order valence-corrected chi connectivity index (χ3v) is 5.59. The minimum Gasteiger partial charge on any atom is -0.351 e. The first-order valence-electron chi connectivity index (χ1n) is 8.08. The van der Waals surface area contributed by atoms with Crippen LogP contribution in [-0.2, 0) is 20.0 Å². The number of hydrogen-bond acceptors (Lipinski definition) is 7. The van der Waals surface area contributed by atoms with Gasteiger partial charge in [0.25, 0.3) is 11.6 Å². The molecule has 0 heterocycles. The van der Waals surface area contributed by atoms with Gasteiger partial charge in [0, 0.05) is 36.5 Å². The van der Waals surface area contributed by atoms with E-state index in [4.69, 9.17) is 0 Å². The Morgan fingerprint density at radius 2 is 1.55 bits per heavy atom. The minimum absolute atomic E-state index is 0.00557. The lowest BCUT2D eigenvalue weighted by atomic mass is 10.2. The van der Waals surface area contributed by atoms with Crippen molar-refractivity contribution in [2.24, 2.45) is 0 Å². The molecule has 3 N–H and O–H groups in total. The van der Waals surface area contributed by atoms with Crippen molar-refractivity contribution in [1.29, 1.82) is 0 Å². The number of benzene rings is 2. The van der Waals surface area contributed by atoms with Gasteiger partial charge in [0.1, 0.15) is 0 Å². The third kappa shape index (κ3) is 6.81. The summed E-state index contributed by atoms with van der Waals surface area (Å²) in [6.07, 6.45) is 1.01. The summed E-state index contributed by atoms with van der Waals surface area (Å²) in [6.45, 7) is -0.104. The van der Waals surface area contributed by atoms with Gasteiger partial charge in [-0.05, 0) is 36.4 Å². The number of nitrogens with zero attached hydrogens (tertiary/aromatic N) is 1. The van der Waals surface area contributed by atoms with Gasteiger partial charge in [-0.1, -0.05) is 0 Å². The number of sulfonamides is 2. The van der Waals surface area contributed by atoms with Crippen LogP contribution in [0, 0.1) is 10.1 Å². The number of amides is 1. The van der Waals surface area contributed by atoms with E-state index in [1.54, 1.807) is 0 Å². The first-order chi connectivity index (χ1) is 13.5. The Hall–Kier alpha value is -3.03. The number of carbonyl (C=O) groups is 1. The Balaban J connectivity index is 1.86. The lowest BCUT2D eigenvalue weighted by molar-refractivity contribution is -0.384. The number of carbonyl (C=O) groups excluding carboxylic acids is 1. The van der Waals surface area contributed by atoms with E-state index >= 15 is 0 Å². The van der Waals surface area contributed by atoms with E-state index in [1.165, 1.54) is 24.3 Å². The molecule has 0 unspecified atom stereocenters. The molecule has 0 aromatic heterocycles. The van der Waals surface area contributed by atoms with E-state index in [1.807, 2.05) is 0 Å². The number of rotatable bonds is 9. The maximum absolute atomic E-state index is 12.1. The van der Waals surface area contributed by atoms with Crippen molar-refractivity contribution in [2.45, 2.75) is 4.90 Å². The molecule has 0 aliphatic heterocycles. The second kappa shape index (κ2) is 8.98. The summed E-state index contributed by atoms with van der Waals surface area (Å²) in [6, 6.07) is 10.1. The maximum atomic E-state index is 12.1. The van der Waals surface area contributed by atoms with Gasteiger partial charge in [-0.25, -0.2) is 21.6 Å². The standard InChI is InChI=1S/C16H18N4O7S2/c1-28(24,25)19-13-4-2-12(3-5-13)16(21)17-10-11-18-29(26,27)15-8-6-14(7-9-15)20(22)23/h2-9,18-19H,10-11H2,1H3,(H,17,21). The predicted molar refractivity (Wildman–Crippen MR) is 106 cm³/mol. The first-order valence-corrected chi connectivity index (χ1v) is 11.5. The van der Waals surface area contributed by atoms with Gasteiger partial charge in [0.2, 0.25) is 20.0 Å². The van der Waals surface area contributed by atoms with Crippen molar-refractivity contribution in [3.63, 3.8) is 0 Å².